The normalized spacial score (nSPS) is 13.3. The second kappa shape index (κ2) is 22.6. The summed E-state index contributed by atoms with van der Waals surface area (Å²) in [4.78, 5) is 0. The highest BCUT2D eigenvalue weighted by molar-refractivity contribution is 6.61. The van der Waals surface area contributed by atoms with Gasteiger partial charge in [-0.05, 0) is 26.2 Å². The molecule has 0 N–H and O–H groups in total. The Hall–Kier alpha value is 0.131. The first kappa shape index (κ1) is 40.1. The first-order chi connectivity index (χ1) is 19.2. The van der Waals surface area contributed by atoms with E-state index in [0.717, 1.165) is 0 Å². The van der Waals surface area contributed by atoms with Crippen molar-refractivity contribution in [1.82, 2.24) is 0 Å². The minimum Gasteiger partial charge on any atom is -0.378 e. The van der Waals surface area contributed by atoms with Gasteiger partial charge in [-0.15, -0.1) is 0 Å². The number of hydrogen-bond donors (Lipinski definition) is 0. The molecule has 0 radical (unpaired) electrons. The number of ether oxygens (including phenoxy) is 4. The van der Waals surface area contributed by atoms with Crippen LogP contribution in [0.15, 0.2) is 0 Å². The molecule has 242 valence electrons. The van der Waals surface area contributed by atoms with Crippen LogP contribution in [-0.2, 0) is 58.8 Å². The van der Waals surface area contributed by atoms with Crippen LogP contribution >= 0.6 is 0 Å². The molecule has 0 amide bonds. The molecule has 0 aliphatic carbocycles. The van der Waals surface area contributed by atoms with Gasteiger partial charge in [-0.25, -0.2) is 0 Å². The minimum atomic E-state index is -2.65. The van der Waals surface area contributed by atoms with Gasteiger partial charge >= 0.3 is 26.4 Å². The van der Waals surface area contributed by atoms with Crippen LogP contribution in [0.1, 0.15) is 26.2 Å². The minimum absolute atomic E-state index is 0.294. The zero-order chi connectivity index (χ0) is 30.4. The van der Waals surface area contributed by atoms with Gasteiger partial charge in [0.05, 0.1) is 19.8 Å². The predicted octanol–water partition coefficient (Wildman–Crippen LogP) is 2.62. The molecule has 0 aliphatic rings. The molecule has 0 heterocycles. The van der Waals surface area contributed by atoms with Crippen molar-refractivity contribution in [2.24, 2.45) is 0 Å². The summed E-state index contributed by atoms with van der Waals surface area (Å²) in [5, 5.41) is 0. The van der Waals surface area contributed by atoms with Crippen LogP contribution in [0.3, 0.4) is 0 Å². The van der Waals surface area contributed by atoms with Crippen LogP contribution in [0.5, 0.6) is 0 Å². The third-order valence-electron chi connectivity index (χ3n) is 6.66. The Morgan fingerprint density at radius 1 is 0.425 bits per heavy atom. The van der Waals surface area contributed by atoms with Gasteiger partial charge in [-0.1, -0.05) is 0 Å². The lowest BCUT2D eigenvalue weighted by atomic mass is 10.1. The van der Waals surface area contributed by atoms with E-state index in [1.165, 1.54) is 0 Å². The topological polar surface area (TPSA) is 120 Å². The summed E-state index contributed by atoms with van der Waals surface area (Å²) < 4.78 is 73.9. The van der Waals surface area contributed by atoms with Gasteiger partial charge in [0.25, 0.3) is 0 Å². The lowest BCUT2D eigenvalue weighted by molar-refractivity contribution is -0.164. The largest absolute Gasteiger partial charge is 0.500 e. The van der Waals surface area contributed by atoms with Crippen molar-refractivity contribution in [2.75, 3.05) is 110 Å². The van der Waals surface area contributed by atoms with Crippen LogP contribution < -0.4 is 0 Å². The van der Waals surface area contributed by atoms with Crippen molar-refractivity contribution in [3.63, 3.8) is 0 Å². The van der Waals surface area contributed by atoms with E-state index in [4.69, 9.17) is 58.8 Å². The summed E-state index contributed by atoms with van der Waals surface area (Å²) in [6.45, 7) is 4.73. The van der Waals surface area contributed by atoms with E-state index in [-0.39, 0.29) is 0 Å². The predicted molar refractivity (Wildman–Crippen MR) is 155 cm³/mol. The molecule has 0 rings (SSSR count). The van der Waals surface area contributed by atoms with Gasteiger partial charge in [0, 0.05) is 109 Å². The molecule has 0 aromatic heterocycles. The van der Waals surface area contributed by atoms with E-state index in [1.807, 2.05) is 6.92 Å². The van der Waals surface area contributed by atoms with E-state index in [1.54, 1.807) is 64.0 Å². The molecule has 0 atom stereocenters. The standard InChI is InChI=1S/C24H56O13Si3/c1-11-37-24(21-34-15-12-18-38(25-2,26-3)27-4,22-35-16-13-19-39(28-5,29-6)30-7)23-36-17-14-20-40(31-8,32-9)33-10/h11-23H2,1-10H3. The molecule has 0 saturated carbocycles. The smallest absolute Gasteiger partial charge is 0.378 e. The fourth-order valence-corrected chi connectivity index (χ4v) is 9.24. The third kappa shape index (κ3) is 14.1. The van der Waals surface area contributed by atoms with Crippen molar-refractivity contribution in [1.29, 1.82) is 0 Å². The Bertz CT molecular complexity index is 495. The second-order valence-corrected chi connectivity index (χ2v) is 18.2. The average Bonchev–Trinajstić information content (AvgIpc) is 3.00. The number of rotatable bonds is 29. The van der Waals surface area contributed by atoms with Crippen molar-refractivity contribution < 1.29 is 58.8 Å². The highest BCUT2D eigenvalue weighted by Crippen LogP contribution is 2.20. The van der Waals surface area contributed by atoms with Gasteiger partial charge < -0.3 is 58.8 Å². The molecule has 0 aliphatic heterocycles. The zero-order valence-corrected chi connectivity index (χ0v) is 29.5. The molecule has 0 bridgehead atoms. The summed E-state index contributed by atoms with van der Waals surface area (Å²) in [7, 11) is 6.46. The van der Waals surface area contributed by atoms with E-state index in [9.17, 15) is 0 Å². The van der Waals surface area contributed by atoms with Crippen molar-refractivity contribution in [2.45, 2.75) is 49.9 Å². The zero-order valence-electron chi connectivity index (χ0n) is 26.5. The van der Waals surface area contributed by atoms with Crippen LogP contribution in [0.25, 0.3) is 0 Å². The summed E-state index contributed by atoms with van der Waals surface area (Å²) in [6.07, 6.45) is 2.13. The van der Waals surface area contributed by atoms with Crippen molar-refractivity contribution in [3.05, 3.63) is 0 Å². The molecule has 0 aromatic rings. The fourth-order valence-electron chi connectivity index (χ4n) is 4.17. The van der Waals surface area contributed by atoms with Crippen LogP contribution in [-0.4, -0.2) is 142 Å². The van der Waals surface area contributed by atoms with Gasteiger partial charge in [0.1, 0.15) is 5.60 Å². The van der Waals surface area contributed by atoms with Gasteiger partial charge in [-0.3, -0.25) is 0 Å². The Kier molecular flexibility index (Phi) is 22.7. The Morgan fingerprint density at radius 2 is 0.675 bits per heavy atom. The van der Waals surface area contributed by atoms with Crippen molar-refractivity contribution >= 4 is 26.4 Å². The summed E-state index contributed by atoms with van der Waals surface area (Å²) in [6, 6.07) is 1.91. The quantitative estimate of drug-likeness (QED) is 0.0885. The van der Waals surface area contributed by atoms with Gasteiger partial charge in [-0.2, -0.15) is 0 Å². The summed E-state index contributed by atoms with van der Waals surface area (Å²) >= 11 is 0. The van der Waals surface area contributed by atoms with Crippen LogP contribution in [0.2, 0.25) is 18.1 Å². The second-order valence-electron chi connectivity index (χ2n) is 8.97. The lowest BCUT2D eigenvalue weighted by Crippen LogP contribution is -2.48. The van der Waals surface area contributed by atoms with Gasteiger partial charge in [0.15, 0.2) is 0 Å². The fraction of sp³-hybridized carbons (Fsp3) is 1.00. The Morgan fingerprint density at radius 3 is 0.875 bits per heavy atom. The molecule has 0 saturated heterocycles. The van der Waals surface area contributed by atoms with E-state index >= 15 is 0 Å². The highest BCUT2D eigenvalue weighted by Gasteiger charge is 2.39. The van der Waals surface area contributed by atoms with E-state index < -0.39 is 32.0 Å². The molecule has 0 aromatic carbocycles. The molecule has 0 spiro atoms. The molecule has 13 nitrogen and oxygen atoms in total. The average molecular weight is 637 g/mol. The third-order valence-corrected chi connectivity index (χ3v) is 15.2. The molecular formula is C24H56O13Si3. The Balaban J connectivity index is 5.13. The first-order valence-corrected chi connectivity index (χ1v) is 19.4. The van der Waals surface area contributed by atoms with E-state index in [2.05, 4.69) is 0 Å². The van der Waals surface area contributed by atoms with Gasteiger partial charge in [0.2, 0.25) is 0 Å². The maximum absolute atomic E-state index is 6.19. The van der Waals surface area contributed by atoms with Crippen molar-refractivity contribution in [3.8, 4) is 0 Å². The number of hydrogen-bond acceptors (Lipinski definition) is 13. The molecule has 16 heteroatoms. The molecule has 0 unspecified atom stereocenters. The lowest BCUT2D eigenvalue weighted by Gasteiger charge is -2.33. The first-order valence-electron chi connectivity index (χ1n) is 13.6. The SMILES string of the molecule is CCOC(COCCC[Si](OC)(OC)OC)(COCCC[Si](OC)(OC)OC)COCCC[Si](OC)(OC)OC. The maximum atomic E-state index is 6.19. The monoisotopic (exact) mass is 636 g/mol. The van der Waals surface area contributed by atoms with Crippen LogP contribution in [0, 0.1) is 0 Å². The summed E-state index contributed by atoms with van der Waals surface area (Å²) in [5.41, 5.74) is -0.788. The molecule has 40 heavy (non-hydrogen) atoms. The van der Waals surface area contributed by atoms with E-state index in [0.29, 0.717) is 83.6 Å². The summed E-state index contributed by atoms with van der Waals surface area (Å²) in [5.74, 6) is 0. The highest BCUT2D eigenvalue weighted by atomic mass is 28.4. The molecular weight excluding hydrogens is 581 g/mol. The van der Waals surface area contributed by atoms with Crippen LogP contribution in [0.4, 0.5) is 0 Å². The molecule has 0 fully saturated rings. The maximum Gasteiger partial charge on any atom is 0.500 e. The Labute approximate surface area is 245 Å².